The highest BCUT2D eigenvalue weighted by Crippen LogP contribution is 2.21. The zero-order chi connectivity index (χ0) is 8.43. The molecule has 0 aliphatic carbocycles. The Hall–Kier alpha value is -0.780. The maximum Gasteiger partial charge on any atom is 0.340 e. The van der Waals surface area contributed by atoms with Crippen molar-refractivity contribution in [3.8, 4) is 5.75 Å². The molecule has 0 aliphatic rings. The topological polar surface area (TPSA) is 57.5 Å². The van der Waals surface area contributed by atoms with Crippen LogP contribution in [-0.4, -0.2) is 16.2 Å². The summed E-state index contributed by atoms with van der Waals surface area (Å²) < 4.78 is 0.537. The van der Waals surface area contributed by atoms with Crippen LogP contribution in [0.5, 0.6) is 5.75 Å². The van der Waals surface area contributed by atoms with Gasteiger partial charge in [0.1, 0.15) is 11.3 Å². The Bertz CT molecular complexity index is 275. The summed E-state index contributed by atoms with van der Waals surface area (Å²) in [5.74, 6) is -1.29. The summed E-state index contributed by atoms with van der Waals surface area (Å²) in [6, 6.07) is 4.58. The molecule has 0 aromatic heterocycles. The lowest BCUT2D eigenvalue weighted by atomic mass is 10.2. The van der Waals surface area contributed by atoms with Crippen LogP contribution in [-0.2, 0) is 0 Å². The molecule has 0 radical (unpaired) electrons. The van der Waals surface area contributed by atoms with Crippen molar-refractivity contribution < 1.29 is 15.0 Å². The van der Waals surface area contributed by atoms with Crippen molar-refractivity contribution in [3.63, 3.8) is 0 Å². The number of aromatic hydroxyl groups is 1. The van der Waals surface area contributed by atoms with Crippen LogP contribution in [0.1, 0.15) is 10.4 Å². The number of carboxylic acids is 1. The van der Waals surface area contributed by atoms with E-state index in [2.05, 4.69) is 0 Å². The molecule has 0 aliphatic heterocycles. The number of halogens is 1. The average molecular weight is 264 g/mol. The van der Waals surface area contributed by atoms with E-state index in [1.165, 1.54) is 6.07 Å². The summed E-state index contributed by atoms with van der Waals surface area (Å²) in [7, 11) is 0. The minimum absolute atomic E-state index is 0.0342. The van der Waals surface area contributed by atoms with Gasteiger partial charge in [-0.3, -0.25) is 0 Å². The van der Waals surface area contributed by atoms with E-state index in [0.29, 0.717) is 3.57 Å². The van der Waals surface area contributed by atoms with Crippen molar-refractivity contribution in [1.29, 1.82) is 0 Å². The number of hydrogen-bond acceptors (Lipinski definition) is 2. The Morgan fingerprint density at radius 2 is 2.09 bits per heavy atom. The standard InChI is InChI=1S/C7H5IO3/c8-4-2-1-3-5(9)6(4)7(10)11/h1-3,9H,(H,10,11). The molecular formula is C7H5IO3. The molecule has 0 bridgehead atoms. The second-order valence-electron chi connectivity index (χ2n) is 1.94. The molecule has 0 amide bonds. The van der Waals surface area contributed by atoms with Crippen molar-refractivity contribution in [2.24, 2.45) is 0 Å². The van der Waals surface area contributed by atoms with Crippen LogP contribution in [0, 0.1) is 3.57 Å². The highest BCUT2D eigenvalue weighted by molar-refractivity contribution is 14.1. The molecule has 0 saturated carbocycles. The van der Waals surface area contributed by atoms with E-state index >= 15 is 0 Å². The van der Waals surface area contributed by atoms with Crippen LogP contribution >= 0.6 is 22.6 Å². The molecule has 0 unspecified atom stereocenters. The third-order valence-corrected chi connectivity index (χ3v) is 2.10. The predicted octanol–water partition coefficient (Wildman–Crippen LogP) is 1.70. The van der Waals surface area contributed by atoms with Gasteiger partial charge in [0.25, 0.3) is 0 Å². The largest absolute Gasteiger partial charge is 0.507 e. The van der Waals surface area contributed by atoms with Crippen LogP contribution in [0.4, 0.5) is 0 Å². The number of hydrogen-bond donors (Lipinski definition) is 2. The number of benzene rings is 1. The van der Waals surface area contributed by atoms with Gasteiger partial charge in [-0.2, -0.15) is 0 Å². The van der Waals surface area contributed by atoms with E-state index < -0.39 is 5.97 Å². The smallest absolute Gasteiger partial charge is 0.340 e. The molecule has 2 N–H and O–H groups in total. The molecule has 1 aromatic rings. The van der Waals surface area contributed by atoms with E-state index in [-0.39, 0.29) is 11.3 Å². The summed E-state index contributed by atoms with van der Waals surface area (Å²) in [6.45, 7) is 0. The van der Waals surface area contributed by atoms with E-state index in [1.54, 1.807) is 12.1 Å². The van der Waals surface area contributed by atoms with Gasteiger partial charge in [-0.15, -0.1) is 0 Å². The molecule has 1 aromatic carbocycles. The van der Waals surface area contributed by atoms with Crippen LogP contribution in [0.15, 0.2) is 18.2 Å². The number of phenols is 1. The van der Waals surface area contributed by atoms with E-state index in [4.69, 9.17) is 10.2 Å². The fourth-order valence-corrected chi connectivity index (χ4v) is 1.44. The fraction of sp³-hybridized carbons (Fsp3) is 0. The van der Waals surface area contributed by atoms with E-state index in [0.717, 1.165) is 0 Å². The molecule has 3 nitrogen and oxygen atoms in total. The fourth-order valence-electron chi connectivity index (χ4n) is 0.724. The quantitative estimate of drug-likeness (QED) is 0.759. The second-order valence-corrected chi connectivity index (χ2v) is 3.10. The van der Waals surface area contributed by atoms with Gasteiger partial charge in [-0.05, 0) is 34.7 Å². The summed E-state index contributed by atoms with van der Waals surface area (Å²) >= 11 is 1.86. The number of rotatable bonds is 1. The summed E-state index contributed by atoms with van der Waals surface area (Å²) in [4.78, 5) is 10.5. The number of aromatic carboxylic acids is 1. The zero-order valence-corrected chi connectivity index (χ0v) is 7.57. The molecule has 0 heterocycles. The Balaban J connectivity index is 3.32. The van der Waals surface area contributed by atoms with Gasteiger partial charge < -0.3 is 10.2 Å². The van der Waals surface area contributed by atoms with Crippen molar-refractivity contribution in [1.82, 2.24) is 0 Å². The van der Waals surface area contributed by atoms with E-state index in [1.807, 2.05) is 22.6 Å². The molecule has 0 spiro atoms. The van der Waals surface area contributed by atoms with Gasteiger partial charge in [0, 0.05) is 3.57 Å². The third kappa shape index (κ3) is 1.62. The van der Waals surface area contributed by atoms with Gasteiger partial charge >= 0.3 is 5.97 Å². The minimum Gasteiger partial charge on any atom is -0.507 e. The highest BCUT2D eigenvalue weighted by atomic mass is 127. The molecule has 0 fully saturated rings. The molecule has 1 rings (SSSR count). The maximum absolute atomic E-state index is 10.5. The Kier molecular flexibility index (Phi) is 2.33. The lowest BCUT2D eigenvalue weighted by molar-refractivity contribution is 0.0692. The Morgan fingerprint density at radius 3 is 2.45 bits per heavy atom. The molecular weight excluding hydrogens is 259 g/mol. The monoisotopic (exact) mass is 264 g/mol. The van der Waals surface area contributed by atoms with Crippen LogP contribution in [0.3, 0.4) is 0 Å². The van der Waals surface area contributed by atoms with E-state index in [9.17, 15) is 4.79 Å². The van der Waals surface area contributed by atoms with Crippen molar-refractivity contribution in [2.45, 2.75) is 0 Å². The Labute approximate surface area is 76.8 Å². The first-order valence-corrected chi connectivity index (χ1v) is 3.91. The third-order valence-electron chi connectivity index (χ3n) is 1.21. The molecule has 0 saturated heterocycles. The summed E-state index contributed by atoms with van der Waals surface area (Å²) in [6.07, 6.45) is 0. The van der Waals surface area contributed by atoms with Gasteiger partial charge in [-0.25, -0.2) is 4.79 Å². The maximum atomic E-state index is 10.5. The summed E-state index contributed by atoms with van der Waals surface area (Å²) in [5.41, 5.74) is -0.0342. The van der Waals surface area contributed by atoms with Gasteiger partial charge in [0.2, 0.25) is 0 Å². The first kappa shape index (κ1) is 8.32. The van der Waals surface area contributed by atoms with Crippen LogP contribution in [0.25, 0.3) is 0 Å². The van der Waals surface area contributed by atoms with Crippen molar-refractivity contribution in [3.05, 3.63) is 27.3 Å². The molecule has 4 heteroatoms. The zero-order valence-electron chi connectivity index (χ0n) is 5.41. The number of carboxylic acid groups (broad SMARTS) is 1. The second kappa shape index (κ2) is 3.08. The number of carbonyl (C=O) groups is 1. The first-order valence-electron chi connectivity index (χ1n) is 2.83. The SMILES string of the molecule is O=C(O)c1c(O)cccc1I. The average Bonchev–Trinajstić information content (AvgIpc) is 1.85. The predicted molar refractivity (Wildman–Crippen MR) is 47.8 cm³/mol. The minimum atomic E-state index is -1.10. The van der Waals surface area contributed by atoms with Crippen LogP contribution < -0.4 is 0 Å². The van der Waals surface area contributed by atoms with Gasteiger partial charge in [0.15, 0.2) is 0 Å². The molecule has 58 valence electrons. The van der Waals surface area contributed by atoms with Gasteiger partial charge in [0.05, 0.1) is 0 Å². The van der Waals surface area contributed by atoms with Crippen LogP contribution in [0.2, 0.25) is 0 Å². The molecule has 0 atom stereocenters. The lowest BCUT2D eigenvalue weighted by Gasteiger charge is -1.99. The molecule has 11 heavy (non-hydrogen) atoms. The lowest BCUT2D eigenvalue weighted by Crippen LogP contribution is -1.99. The normalized spacial score (nSPS) is 9.55. The van der Waals surface area contributed by atoms with Gasteiger partial charge in [-0.1, -0.05) is 6.07 Å². The summed E-state index contributed by atoms with van der Waals surface area (Å²) in [5, 5.41) is 17.7. The Morgan fingerprint density at radius 1 is 1.45 bits per heavy atom. The first-order chi connectivity index (χ1) is 5.13. The van der Waals surface area contributed by atoms with Crippen molar-refractivity contribution >= 4 is 28.6 Å². The van der Waals surface area contributed by atoms with Crippen molar-refractivity contribution in [2.75, 3.05) is 0 Å². The highest BCUT2D eigenvalue weighted by Gasteiger charge is 2.11.